The van der Waals surface area contributed by atoms with Crippen LogP contribution >= 0.6 is 0 Å². The van der Waals surface area contributed by atoms with Crippen LogP contribution in [0.15, 0.2) is 48.5 Å². The number of nitriles is 1. The molecule has 5 aliphatic rings. The zero-order chi connectivity index (χ0) is 42.6. The van der Waals surface area contributed by atoms with Crippen LogP contribution in [-0.2, 0) is 32.8 Å². The fourth-order valence-electron chi connectivity index (χ4n) is 10.4. The predicted octanol–water partition coefficient (Wildman–Crippen LogP) is 5.63. The van der Waals surface area contributed by atoms with E-state index in [9.17, 15) is 29.2 Å². The Morgan fingerprint density at radius 2 is 1.70 bits per heavy atom. The van der Waals surface area contributed by atoms with Gasteiger partial charge in [-0.05, 0) is 97.7 Å². The average molecular weight is 823 g/mol. The summed E-state index contributed by atoms with van der Waals surface area (Å²) in [6, 6.07) is 17.6. The van der Waals surface area contributed by atoms with E-state index in [2.05, 4.69) is 64.4 Å². The van der Waals surface area contributed by atoms with Crippen LogP contribution in [0, 0.1) is 11.3 Å². The van der Waals surface area contributed by atoms with Gasteiger partial charge in [0.2, 0.25) is 17.7 Å². The number of H-pyrrole nitrogens is 1. The first-order valence-electron chi connectivity index (χ1n) is 22.0. The number of aryl methyl sites for hydroxylation is 1. The van der Waals surface area contributed by atoms with E-state index in [-0.39, 0.29) is 29.9 Å². The maximum absolute atomic E-state index is 14.1. The van der Waals surface area contributed by atoms with Gasteiger partial charge in [-0.3, -0.25) is 34.2 Å². The molecule has 1 aromatic heterocycles. The molecule has 1 aliphatic carbocycles. The minimum absolute atomic E-state index is 0.0463. The number of hydrogen-bond donors (Lipinski definition) is 3. The fourth-order valence-corrected chi connectivity index (χ4v) is 10.4. The van der Waals surface area contributed by atoms with Crippen molar-refractivity contribution in [3.63, 3.8) is 0 Å². The lowest BCUT2D eigenvalue weighted by molar-refractivity contribution is -0.137. The molecule has 4 aliphatic heterocycles. The van der Waals surface area contributed by atoms with Gasteiger partial charge in [0, 0.05) is 116 Å². The molecule has 61 heavy (non-hydrogen) atoms. The summed E-state index contributed by atoms with van der Waals surface area (Å²) >= 11 is 0. The summed E-state index contributed by atoms with van der Waals surface area (Å²) in [4.78, 5) is 76.5. The molecule has 4 amide bonds. The number of amides is 4. The highest BCUT2D eigenvalue weighted by atomic mass is 16.2. The maximum Gasteiger partial charge on any atom is 0.255 e. The second kappa shape index (κ2) is 16.1. The summed E-state index contributed by atoms with van der Waals surface area (Å²) in [5.74, 6) is -0.625. The van der Waals surface area contributed by atoms with Crippen molar-refractivity contribution < 1.29 is 24.0 Å². The molecule has 1 atom stereocenters. The van der Waals surface area contributed by atoms with E-state index >= 15 is 0 Å². The summed E-state index contributed by atoms with van der Waals surface area (Å²) in [7, 11) is 0. The highest BCUT2D eigenvalue weighted by Crippen LogP contribution is 2.46. The van der Waals surface area contributed by atoms with E-state index in [0.717, 1.165) is 116 Å². The lowest BCUT2D eigenvalue weighted by atomic mass is 9.70. The Hall–Kier alpha value is -6.00. The van der Waals surface area contributed by atoms with Crippen LogP contribution in [0.2, 0.25) is 0 Å². The third-order valence-electron chi connectivity index (χ3n) is 14.0. The number of nitrogens with one attached hydrogen (secondary N) is 3. The van der Waals surface area contributed by atoms with Crippen molar-refractivity contribution >= 4 is 51.7 Å². The van der Waals surface area contributed by atoms with Gasteiger partial charge in [-0.25, -0.2) is 0 Å². The molecular formula is C48H54N8O5. The molecule has 9 rings (SSSR count). The molecule has 4 aromatic rings. The molecular weight excluding hydrogens is 769 g/mol. The molecule has 3 saturated heterocycles. The number of rotatable bonds is 10. The number of benzene rings is 3. The quantitative estimate of drug-likeness (QED) is 0.136. The van der Waals surface area contributed by atoms with E-state index < -0.39 is 17.4 Å². The number of carbonyl (C=O) groups excluding carboxylic acids is 5. The standard InChI is InChI=1S/C48H54N8O5/c1-4-30-25-36-37(48(2,3)45-43(44(36)59)35-10-8-29(27-49)23-38(35)51-45)26-40(30)54-17-14-33(15-18-54)53-19-21-55(22-20-53)42(58)7-5-6-16-50-32-9-11-34-31(24-32)28-56(47(34)61)39-12-13-41(57)52-46(39)60/h8-11,23-26,33,39,50-51H,4-7,12-22,28H2,1-3H3,(H,52,57,60). The number of ketones is 1. The van der Waals surface area contributed by atoms with Crippen molar-refractivity contribution in [3.8, 4) is 6.07 Å². The second-order valence-corrected chi connectivity index (χ2v) is 17.9. The number of unbranched alkanes of at least 4 members (excludes halogenated alkanes) is 1. The summed E-state index contributed by atoms with van der Waals surface area (Å²) in [5, 5.41) is 16.1. The van der Waals surface area contributed by atoms with Gasteiger partial charge in [-0.1, -0.05) is 26.8 Å². The Labute approximate surface area is 356 Å². The number of aromatic nitrogens is 1. The molecule has 3 N–H and O–H groups in total. The minimum atomic E-state index is -0.627. The molecule has 3 aromatic carbocycles. The Morgan fingerprint density at radius 3 is 2.44 bits per heavy atom. The summed E-state index contributed by atoms with van der Waals surface area (Å²) < 4.78 is 0. The number of anilines is 2. The van der Waals surface area contributed by atoms with E-state index in [1.807, 2.05) is 29.2 Å². The number of hydrogen-bond acceptors (Lipinski definition) is 9. The monoisotopic (exact) mass is 822 g/mol. The molecule has 0 bridgehead atoms. The summed E-state index contributed by atoms with van der Waals surface area (Å²) in [6.45, 7) is 12.7. The predicted molar refractivity (Wildman–Crippen MR) is 233 cm³/mol. The van der Waals surface area contributed by atoms with Gasteiger partial charge in [0.1, 0.15) is 6.04 Å². The van der Waals surface area contributed by atoms with Crippen molar-refractivity contribution in [3.05, 3.63) is 93.2 Å². The van der Waals surface area contributed by atoms with E-state index in [4.69, 9.17) is 0 Å². The largest absolute Gasteiger partial charge is 0.385 e. The summed E-state index contributed by atoms with van der Waals surface area (Å²) in [5.41, 5.74) is 9.21. The lowest BCUT2D eigenvalue weighted by Crippen LogP contribution is -2.54. The van der Waals surface area contributed by atoms with Crippen LogP contribution < -0.4 is 15.5 Å². The lowest BCUT2D eigenvalue weighted by Gasteiger charge is -2.44. The van der Waals surface area contributed by atoms with Gasteiger partial charge in [-0.15, -0.1) is 0 Å². The van der Waals surface area contributed by atoms with Crippen LogP contribution in [-0.4, -0.2) is 107 Å². The molecule has 13 nitrogen and oxygen atoms in total. The van der Waals surface area contributed by atoms with Crippen LogP contribution in [0.25, 0.3) is 10.9 Å². The number of nitrogens with zero attached hydrogens (tertiary/aromatic N) is 5. The molecule has 5 heterocycles. The average Bonchev–Trinajstić information content (AvgIpc) is 3.82. The van der Waals surface area contributed by atoms with Crippen LogP contribution in [0.5, 0.6) is 0 Å². The highest BCUT2D eigenvalue weighted by molar-refractivity contribution is 6.20. The normalized spacial score (nSPS) is 20.4. The first-order chi connectivity index (χ1) is 29.4. The molecule has 316 valence electrons. The van der Waals surface area contributed by atoms with Gasteiger partial charge in [0.15, 0.2) is 5.78 Å². The molecule has 13 heteroatoms. The second-order valence-electron chi connectivity index (χ2n) is 17.9. The zero-order valence-electron chi connectivity index (χ0n) is 35.4. The van der Waals surface area contributed by atoms with Gasteiger partial charge in [0.05, 0.1) is 17.2 Å². The van der Waals surface area contributed by atoms with E-state index in [1.54, 1.807) is 17.0 Å². The third kappa shape index (κ3) is 7.34. The van der Waals surface area contributed by atoms with E-state index in [1.165, 1.54) is 11.3 Å². The van der Waals surface area contributed by atoms with Gasteiger partial charge in [0.25, 0.3) is 5.91 Å². The van der Waals surface area contributed by atoms with Crippen molar-refractivity contribution in [1.29, 1.82) is 5.26 Å². The highest BCUT2D eigenvalue weighted by Gasteiger charge is 2.42. The Morgan fingerprint density at radius 1 is 0.918 bits per heavy atom. The number of fused-ring (bicyclic) bond motifs is 5. The number of piperidine rings is 2. The Balaban J connectivity index is 0.734. The van der Waals surface area contributed by atoms with Crippen molar-refractivity contribution in [2.75, 3.05) is 56.0 Å². The van der Waals surface area contributed by atoms with Crippen LogP contribution in [0.3, 0.4) is 0 Å². The minimum Gasteiger partial charge on any atom is -0.385 e. The van der Waals surface area contributed by atoms with Crippen LogP contribution in [0.1, 0.15) is 120 Å². The van der Waals surface area contributed by atoms with Gasteiger partial charge < -0.3 is 25.0 Å². The molecule has 0 radical (unpaired) electrons. The Bertz CT molecular complexity index is 2500. The summed E-state index contributed by atoms with van der Waals surface area (Å²) in [6.07, 6.45) is 5.66. The fraction of sp³-hybridized carbons (Fsp3) is 0.458. The van der Waals surface area contributed by atoms with Gasteiger partial charge in [-0.2, -0.15) is 5.26 Å². The first-order valence-corrected chi connectivity index (χ1v) is 22.0. The molecule has 3 fully saturated rings. The van der Waals surface area contributed by atoms with Crippen molar-refractivity contribution in [2.24, 2.45) is 0 Å². The maximum atomic E-state index is 14.1. The van der Waals surface area contributed by atoms with Gasteiger partial charge >= 0.3 is 0 Å². The van der Waals surface area contributed by atoms with Crippen molar-refractivity contribution in [1.82, 2.24) is 25.0 Å². The number of aromatic amines is 1. The molecule has 0 saturated carbocycles. The topological polar surface area (TPSA) is 162 Å². The first kappa shape index (κ1) is 40.4. The van der Waals surface area contributed by atoms with Crippen LogP contribution in [0.4, 0.5) is 11.4 Å². The SMILES string of the molecule is CCc1cc2c(cc1N1CCC(N3CCN(C(=O)CCCCNc4ccc5c(c4)CN(C4CCC(=O)NC4=O)C5=O)CC3)CC1)C(C)(C)c1[nH]c3cc(C#N)ccc3c1C2=O. The number of piperazine rings is 1. The van der Waals surface area contributed by atoms with Crippen molar-refractivity contribution in [2.45, 2.75) is 96.2 Å². The number of carbonyl (C=O) groups is 5. The Kier molecular flexibility index (Phi) is 10.7. The zero-order valence-corrected chi connectivity index (χ0v) is 35.4. The number of imide groups is 1. The molecule has 1 unspecified atom stereocenters. The molecule has 0 spiro atoms. The smallest absolute Gasteiger partial charge is 0.255 e. The third-order valence-corrected chi connectivity index (χ3v) is 14.0. The van der Waals surface area contributed by atoms with E-state index in [0.29, 0.717) is 43.1 Å².